The molecule has 0 bridgehead atoms. The summed E-state index contributed by atoms with van der Waals surface area (Å²) in [5.74, 6) is 0.746. The van der Waals surface area contributed by atoms with Crippen molar-refractivity contribution < 1.29 is 0 Å². The maximum Gasteiger partial charge on any atom is 0.160 e. The molecule has 0 spiro atoms. The molecule has 2 heterocycles. The molecule has 0 fully saturated rings. The molecular formula is C36H23N3. The van der Waals surface area contributed by atoms with Crippen LogP contribution in [0.15, 0.2) is 140 Å². The number of aromatic nitrogens is 3. The van der Waals surface area contributed by atoms with Crippen molar-refractivity contribution in [3.05, 3.63) is 140 Å². The maximum atomic E-state index is 4.64. The SMILES string of the molecule is c1cnc(-c2c3ccccc3c(-c3cccc(-n4c5ccccc5c5ccccc54)c3)c3ccccc23)nc1. The molecule has 0 aliphatic carbocycles. The second-order valence-electron chi connectivity index (χ2n) is 9.83. The summed E-state index contributed by atoms with van der Waals surface area (Å²) in [4.78, 5) is 9.29. The Morgan fingerprint density at radius 2 is 0.897 bits per heavy atom. The van der Waals surface area contributed by atoms with Crippen molar-refractivity contribution in [2.24, 2.45) is 0 Å². The Bertz CT molecular complexity index is 2060. The van der Waals surface area contributed by atoms with Crippen LogP contribution in [0.1, 0.15) is 0 Å². The Labute approximate surface area is 225 Å². The molecule has 3 heteroatoms. The summed E-state index contributed by atoms with van der Waals surface area (Å²) >= 11 is 0. The average molecular weight is 498 g/mol. The van der Waals surface area contributed by atoms with Crippen LogP contribution < -0.4 is 0 Å². The molecule has 0 saturated heterocycles. The molecule has 0 unspecified atom stereocenters. The van der Waals surface area contributed by atoms with Gasteiger partial charge in [0.25, 0.3) is 0 Å². The van der Waals surface area contributed by atoms with Gasteiger partial charge in [-0.05, 0) is 63.0 Å². The first-order valence-corrected chi connectivity index (χ1v) is 13.2. The van der Waals surface area contributed by atoms with E-state index in [4.69, 9.17) is 0 Å². The zero-order valence-corrected chi connectivity index (χ0v) is 21.1. The molecule has 0 atom stereocenters. The van der Waals surface area contributed by atoms with Crippen LogP contribution in [0.5, 0.6) is 0 Å². The molecule has 6 aromatic carbocycles. The van der Waals surface area contributed by atoms with Gasteiger partial charge in [-0.1, -0.05) is 97.1 Å². The van der Waals surface area contributed by atoms with E-state index in [0.717, 1.165) is 27.8 Å². The van der Waals surface area contributed by atoms with Crippen LogP contribution in [0.25, 0.3) is 71.6 Å². The number of rotatable bonds is 3. The monoisotopic (exact) mass is 497 g/mol. The molecule has 0 saturated carbocycles. The van der Waals surface area contributed by atoms with Gasteiger partial charge in [-0.25, -0.2) is 9.97 Å². The molecule has 0 N–H and O–H groups in total. The lowest BCUT2D eigenvalue weighted by Gasteiger charge is -2.17. The largest absolute Gasteiger partial charge is 0.309 e. The van der Waals surface area contributed by atoms with Crippen LogP contribution in [-0.4, -0.2) is 14.5 Å². The van der Waals surface area contributed by atoms with Gasteiger partial charge in [-0.15, -0.1) is 0 Å². The second-order valence-corrected chi connectivity index (χ2v) is 9.83. The molecule has 0 amide bonds. The highest BCUT2D eigenvalue weighted by Gasteiger charge is 2.18. The van der Waals surface area contributed by atoms with E-state index >= 15 is 0 Å². The molecule has 0 aliphatic heterocycles. The normalized spacial score (nSPS) is 11.6. The minimum atomic E-state index is 0.746. The zero-order valence-electron chi connectivity index (χ0n) is 21.1. The van der Waals surface area contributed by atoms with E-state index in [9.17, 15) is 0 Å². The second kappa shape index (κ2) is 8.64. The molecule has 0 radical (unpaired) electrons. The molecular weight excluding hydrogens is 474 g/mol. The van der Waals surface area contributed by atoms with Crippen molar-refractivity contribution in [3.63, 3.8) is 0 Å². The van der Waals surface area contributed by atoms with Crippen LogP contribution in [-0.2, 0) is 0 Å². The third-order valence-corrected chi connectivity index (χ3v) is 7.69. The molecule has 3 nitrogen and oxygen atoms in total. The minimum Gasteiger partial charge on any atom is -0.309 e. The first kappa shape index (κ1) is 21.8. The van der Waals surface area contributed by atoms with E-state index < -0.39 is 0 Å². The van der Waals surface area contributed by atoms with Crippen molar-refractivity contribution >= 4 is 43.4 Å². The van der Waals surface area contributed by atoms with Crippen molar-refractivity contribution in [1.82, 2.24) is 14.5 Å². The minimum absolute atomic E-state index is 0.746. The van der Waals surface area contributed by atoms with Crippen molar-refractivity contribution in [3.8, 4) is 28.2 Å². The zero-order chi connectivity index (χ0) is 25.8. The predicted molar refractivity (Wildman–Crippen MR) is 162 cm³/mol. The summed E-state index contributed by atoms with van der Waals surface area (Å²) in [6, 6.07) is 45.4. The van der Waals surface area contributed by atoms with Gasteiger partial charge in [0, 0.05) is 34.4 Å². The number of nitrogens with zero attached hydrogens (tertiary/aromatic N) is 3. The van der Waals surface area contributed by atoms with Gasteiger partial charge in [0.05, 0.1) is 11.0 Å². The van der Waals surface area contributed by atoms with Gasteiger partial charge in [0.2, 0.25) is 0 Å². The molecule has 8 rings (SSSR count). The highest BCUT2D eigenvalue weighted by atomic mass is 15.0. The Hall–Kier alpha value is -5.28. The standard InChI is InChI=1S/C36H23N3/c1-3-17-30-28(15-1)34(29-16-2-4-18-31(29)35(30)36-37-21-10-22-38-36)24-11-9-12-25(23-24)39-32-19-7-5-13-26(32)27-14-6-8-20-33(27)39/h1-23H. The fourth-order valence-electron chi connectivity index (χ4n) is 6.11. The summed E-state index contributed by atoms with van der Waals surface area (Å²) in [6.45, 7) is 0. The summed E-state index contributed by atoms with van der Waals surface area (Å²) in [5, 5.41) is 7.22. The van der Waals surface area contributed by atoms with Gasteiger partial charge in [0.15, 0.2) is 5.82 Å². The molecule has 8 aromatic rings. The molecule has 2 aromatic heterocycles. The summed E-state index contributed by atoms with van der Waals surface area (Å²) in [5.41, 5.74) is 7.05. The van der Waals surface area contributed by atoms with Crippen LogP contribution in [0.4, 0.5) is 0 Å². The smallest absolute Gasteiger partial charge is 0.160 e. The maximum absolute atomic E-state index is 4.64. The van der Waals surface area contributed by atoms with Crippen molar-refractivity contribution in [1.29, 1.82) is 0 Å². The van der Waals surface area contributed by atoms with Crippen LogP contribution >= 0.6 is 0 Å². The van der Waals surface area contributed by atoms with Gasteiger partial charge < -0.3 is 4.57 Å². The van der Waals surface area contributed by atoms with E-state index in [2.05, 4.69) is 136 Å². The fourth-order valence-corrected chi connectivity index (χ4v) is 6.11. The van der Waals surface area contributed by atoms with Crippen LogP contribution in [0.2, 0.25) is 0 Å². The quantitative estimate of drug-likeness (QED) is 0.228. The van der Waals surface area contributed by atoms with Crippen LogP contribution in [0.3, 0.4) is 0 Å². The summed E-state index contributed by atoms with van der Waals surface area (Å²) < 4.78 is 2.38. The van der Waals surface area contributed by atoms with Gasteiger partial charge in [0.1, 0.15) is 0 Å². The Morgan fingerprint density at radius 1 is 0.410 bits per heavy atom. The van der Waals surface area contributed by atoms with Gasteiger partial charge in [-0.3, -0.25) is 0 Å². The number of para-hydroxylation sites is 2. The van der Waals surface area contributed by atoms with Gasteiger partial charge in [-0.2, -0.15) is 0 Å². The lowest BCUT2D eigenvalue weighted by atomic mass is 9.88. The Morgan fingerprint density at radius 3 is 1.46 bits per heavy atom. The Kier molecular flexibility index (Phi) is 4.82. The molecule has 182 valence electrons. The van der Waals surface area contributed by atoms with Crippen LogP contribution in [0, 0.1) is 0 Å². The first-order chi connectivity index (χ1) is 19.4. The highest BCUT2D eigenvalue weighted by molar-refractivity contribution is 6.20. The number of hydrogen-bond donors (Lipinski definition) is 0. The lowest BCUT2D eigenvalue weighted by molar-refractivity contribution is 1.18. The fraction of sp³-hybridized carbons (Fsp3) is 0. The first-order valence-electron chi connectivity index (χ1n) is 13.2. The van der Waals surface area contributed by atoms with E-state index in [-0.39, 0.29) is 0 Å². The van der Waals surface area contributed by atoms with E-state index in [1.807, 2.05) is 18.5 Å². The highest BCUT2D eigenvalue weighted by Crippen LogP contribution is 2.43. The van der Waals surface area contributed by atoms with Gasteiger partial charge >= 0.3 is 0 Å². The number of hydrogen-bond acceptors (Lipinski definition) is 2. The van der Waals surface area contributed by atoms with E-state index in [1.165, 1.54) is 43.7 Å². The van der Waals surface area contributed by atoms with Crippen molar-refractivity contribution in [2.45, 2.75) is 0 Å². The molecule has 0 aliphatic rings. The number of benzene rings is 6. The average Bonchev–Trinajstić information content (AvgIpc) is 3.35. The van der Waals surface area contributed by atoms with E-state index in [1.54, 1.807) is 0 Å². The third kappa shape index (κ3) is 3.30. The van der Waals surface area contributed by atoms with E-state index in [0.29, 0.717) is 0 Å². The molecule has 39 heavy (non-hydrogen) atoms. The third-order valence-electron chi connectivity index (χ3n) is 7.69. The topological polar surface area (TPSA) is 30.7 Å². The Balaban J connectivity index is 1.45. The van der Waals surface area contributed by atoms with Crippen molar-refractivity contribution in [2.75, 3.05) is 0 Å². The summed E-state index contributed by atoms with van der Waals surface area (Å²) in [6.07, 6.45) is 3.63. The predicted octanol–water partition coefficient (Wildman–Crippen LogP) is 9.21. The number of fused-ring (bicyclic) bond motifs is 5. The summed E-state index contributed by atoms with van der Waals surface area (Å²) in [7, 11) is 0. The lowest BCUT2D eigenvalue weighted by Crippen LogP contribution is -1.96.